The van der Waals surface area contributed by atoms with Crippen molar-refractivity contribution in [2.75, 3.05) is 11.9 Å². The van der Waals surface area contributed by atoms with Gasteiger partial charge in [-0.3, -0.25) is 0 Å². The molecule has 0 radical (unpaired) electrons. The van der Waals surface area contributed by atoms with Gasteiger partial charge in [-0.05, 0) is 20.8 Å². The second kappa shape index (κ2) is 3.42. The van der Waals surface area contributed by atoms with Crippen LogP contribution in [-0.2, 0) is 0 Å². The predicted molar refractivity (Wildman–Crippen MR) is 46.8 cm³/mol. The number of hydrogen-bond donors (Lipinski definition) is 1. The van der Waals surface area contributed by atoms with Gasteiger partial charge in [-0.1, -0.05) is 0 Å². The fourth-order valence-electron chi connectivity index (χ4n) is 1.02. The van der Waals surface area contributed by atoms with Gasteiger partial charge in [0.05, 0.1) is 0 Å². The van der Waals surface area contributed by atoms with Crippen LogP contribution in [0.2, 0.25) is 0 Å². The number of imidazole rings is 1. The number of aromatic nitrogens is 2. The third-order valence-electron chi connectivity index (χ3n) is 1.56. The molecule has 0 saturated carbocycles. The third kappa shape index (κ3) is 1.73. The molecule has 1 aromatic rings. The molecule has 0 spiro atoms. The molecule has 1 aromatic heterocycles. The first-order chi connectivity index (χ1) is 5.25. The van der Waals surface area contributed by atoms with Crippen molar-refractivity contribution in [3.05, 3.63) is 12.4 Å². The lowest BCUT2D eigenvalue weighted by molar-refractivity contribution is 0.605. The van der Waals surface area contributed by atoms with Crippen LogP contribution in [0.5, 0.6) is 0 Å². The summed E-state index contributed by atoms with van der Waals surface area (Å²) in [5.41, 5.74) is 0. The number of anilines is 1. The Labute approximate surface area is 67.4 Å². The molecular weight excluding hydrogens is 138 g/mol. The van der Waals surface area contributed by atoms with Gasteiger partial charge in [0.2, 0.25) is 5.95 Å². The number of nitrogens with one attached hydrogen (secondary N) is 1. The summed E-state index contributed by atoms with van der Waals surface area (Å²) in [6.45, 7) is 7.27. The van der Waals surface area contributed by atoms with Gasteiger partial charge in [0.15, 0.2) is 0 Å². The van der Waals surface area contributed by atoms with Gasteiger partial charge >= 0.3 is 0 Å². The van der Waals surface area contributed by atoms with Gasteiger partial charge in [0.1, 0.15) is 0 Å². The van der Waals surface area contributed by atoms with Gasteiger partial charge in [-0.25, -0.2) is 4.98 Å². The standard InChI is InChI=1S/C8H15N3/c1-4-9-8-10-5-6-11(8)7(2)3/h5-7H,4H2,1-3H3,(H,9,10). The van der Waals surface area contributed by atoms with Gasteiger partial charge in [-0.2, -0.15) is 0 Å². The Morgan fingerprint density at radius 3 is 2.91 bits per heavy atom. The van der Waals surface area contributed by atoms with E-state index in [1.54, 1.807) is 0 Å². The van der Waals surface area contributed by atoms with E-state index in [1.165, 1.54) is 0 Å². The molecule has 0 atom stereocenters. The zero-order valence-corrected chi connectivity index (χ0v) is 7.33. The minimum Gasteiger partial charge on any atom is -0.356 e. The van der Waals surface area contributed by atoms with E-state index >= 15 is 0 Å². The monoisotopic (exact) mass is 153 g/mol. The lowest BCUT2D eigenvalue weighted by atomic mass is 10.4. The van der Waals surface area contributed by atoms with Crippen molar-refractivity contribution in [1.82, 2.24) is 9.55 Å². The molecule has 0 saturated heterocycles. The minimum absolute atomic E-state index is 0.478. The number of nitrogens with zero attached hydrogens (tertiary/aromatic N) is 2. The molecule has 0 aromatic carbocycles. The smallest absolute Gasteiger partial charge is 0.203 e. The molecule has 11 heavy (non-hydrogen) atoms. The predicted octanol–water partition coefficient (Wildman–Crippen LogP) is 1.90. The van der Waals surface area contributed by atoms with Crippen LogP contribution in [0.1, 0.15) is 26.8 Å². The van der Waals surface area contributed by atoms with E-state index in [2.05, 4.69) is 35.6 Å². The van der Waals surface area contributed by atoms with Gasteiger partial charge in [0, 0.05) is 25.0 Å². The highest BCUT2D eigenvalue weighted by molar-refractivity contribution is 5.25. The van der Waals surface area contributed by atoms with Crippen LogP contribution in [0.4, 0.5) is 5.95 Å². The molecule has 62 valence electrons. The zero-order chi connectivity index (χ0) is 8.27. The van der Waals surface area contributed by atoms with Crippen molar-refractivity contribution in [2.45, 2.75) is 26.8 Å². The van der Waals surface area contributed by atoms with Crippen LogP contribution < -0.4 is 5.32 Å². The van der Waals surface area contributed by atoms with E-state index in [9.17, 15) is 0 Å². The maximum absolute atomic E-state index is 4.18. The highest BCUT2D eigenvalue weighted by atomic mass is 15.2. The van der Waals surface area contributed by atoms with Crippen molar-refractivity contribution in [1.29, 1.82) is 0 Å². The van der Waals surface area contributed by atoms with E-state index in [0.29, 0.717) is 6.04 Å². The average molecular weight is 153 g/mol. The van der Waals surface area contributed by atoms with E-state index in [-0.39, 0.29) is 0 Å². The van der Waals surface area contributed by atoms with Crippen LogP contribution in [-0.4, -0.2) is 16.1 Å². The summed E-state index contributed by atoms with van der Waals surface area (Å²) in [7, 11) is 0. The zero-order valence-electron chi connectivity index (χ0n) is 7.33. The van der Waals surface area contributed by atoms with Gasteiger partial charge in [-0.15, -0.1) is 0 Å². The Bertz CT molecular complexity index is 215. The van der Waals surface area contributed by atoms with E-state index < -0.39 is 0 Å². The lowest BCUT2D eigenvalue weighted by Gasteiger charge is -2.10. The van der Waals surface area contributed by atoms with Crippen molar-refractivity contribution in [2.24, 2.45) is 0 Å². The summed E-state index contributed by atoms with van der Waals surface area (Å²) < 4.78 is 2.11. The normalized spacial score (nSPS) is 10.5. The fraction of sp³-hybridized carbons (Fsp3) is 0.625. The molecular formula is C8H15N3. The number of hydrogen-bond acceptors (Lipinski definition) is 2. The summed E-state index contributed by atoms with van der Waals surface area (Å²) in [6.07, 6.45) is 3.81. The van der Waals surface area contributed by atoms with Crippen molar-refractivity contribution < 1.29 is 0 Å². The molecule has 0 fully saturated rings. The molecule has 3 nitrogen and oxygen atoms in total. The summed E-state index contributed by atoms with van der Waals surface area (Å²) in [4.78, 5) is 4.18. The summed E-state index contributed by atoms with van der Waals surface area (Å²) >= 11 is 0. The van der Waals surface area contributed by atoms with Crippen molar-refractivity contribution >= 4 is 5.95 Å². The molecule has 1 N–H and O–H groups in total. The largest absolute Gasteiger partial charge is 0.356 e. The van der Waals surface area contributed by atoms with Crippen LogP contribution in [0, 0.1) is 0 Å². The second-order valence-electron chi connectivity index (χ2n) is 2.78. The Balaban J connectivity index is 2.78. The van der Waals surface area contributed by atoms with E-state index in [1.807, 2.05) is 12.4 Å². The topological polar surface area (TPSA) is 29.9 Å². The minimum atomic E-state index is 0.478. The van der Waals surface area contributed by atoms with Crippen LogP contribution in [0.3, 0.4) is 0 Å². The molecule has 3 heteroatoms. The van der Waals surface area contributed by atoms with Crippen molar-refractivity contribution in [3.63, 3.8) is 0 Å². The third-order valence-corrected chi connectivity index (χ3v) is 1.56. The lowest BCUT2D eigenvalue weighted by Crippen LogP contribution is -2.07. The SMILES string of the molecule is CCNc1nccn1C(C)C. The quantitative estimate of drug-likeness (QED) is 0.718. The Kier molecular flexibility index (Phi) is 2.52. The fourth-order valence-corrected chi connectivity index (χ4v) is 1.02. The Morgan fingerprint density at radius 1 is 1.64 bits per heavy atom. The van der Waals surface area contributed by atoms with Crippen molar-refractivity contribution in [3.8, 4) is 0 Å². The first-order valence-corrected chi connectivity index (χ1v) is 4.02. The van der Waals surface area contributed by atoms with E-state index in [0.717, 1.165) is 12.5 Å². The molecule has 0 aliphatic heterocycles. The van der Waals surface area contributed by atoms with Crippen LogP contribution >= 0.6 is 0 Å². The molecule has 1 rings (SSSR count). The summed E-state index contributed by atoms with van der Waals surface area (Å²) in [5.74, 6) is 0.961. The van der Waals surface area contributed by atoms with Crippen LogP contribution in [0.25, 0.3) is 0 Å². The molecule has 0 aliphatic rings. The Morgan fingerprint density at radius 2 is 2.36 bits per heavy atom. The highest BCUT2D eigenvalue weighted by Crippen LogP contribution is 2.11. The molecule has 0 aliphatic carbocycles. The maximum atomic E-state index is 4.18. The van der Waals surface area contributed by atoms with Gasteiger partial charge in [0.25, 0.3) is 0 Å². The van der Waals surface area contributed by atoms with E-state index in [4.69, 9.17) is 0 Å². The second-order valence-corrected chi connectivity index (χ2v) is 2.78. The summed E-state index contributed by atoms with van der Waals surface area (Å²) in [6, 6.07) is 0.478. The first-order valence-electron chi connectivity index (χ1n) is 4.02. The molecule has 0 amide bonds. The Hall–Kier alpha value is -0.990. The van der Waals surface area contributed by atoms with Gasteiger partial charge < -0.3 is 9.88 Å². The maximum Gasteiger partial charge on any atom is 0.203 e. The number of rotatable bonds is 3. The molecule has 0 unspecified atom stereocenters. The summed E-state index contributed by atoms with van der Waals surface area (Å²) in [5, 5.41) is 3.19. The highest BCUT2D eigenvalue weighted by Gasteiger charge is 2.02. The molecule has 1 heterocycles. The average Bonchev–Trinajstić information content (AvgIpc) is 2.36. The van der Waals surface area contributed by atoms with Crippen LogP contribution in [0.15, 0.2) is 12.4 Å². The first kappa shape index (κ1) is 8.11. The molecule has 0 bridgehead atoms.